The van der Waals surface area contributed by atoms with Crippen molar-refractivity contribution in [3.05, 3.63) is 105 Å². The second-order valence-electron chi connectivity index (χ2n) is 24.6. The van der Waals surface area contributed by atoms with Crippen molar-refractivity contribution in [1.29, 1.82) is 0 Å². The van der Waals surface area contributed by atoms with Gasteiger partial charge in [-0.3, -0.25) is 14.4 Å². The zero-order valence-electron chi connectivity index (χ0n) is 55.3. The van der Waals surface area contributed by atoms with Gasteiger partial charge in [-0.1, -0.05) is 0 Å². The molecule has 0 radical (unpaired) electrons. The highest BCUT2D eigenvalue weighted by molar-refractivity contribution is 6.11. The number of hydrogen-bond acceptors (Lipinski definition) is 45. The van der Waals surface area contributed by atoms with E-state index in [1.165, 1.54) is 0 Å². The normalized spacial score (nSPS) is 22.7. The molecule has 7 aromatic rings. The molecule has 0 amide bonds. The Morgan fingerprint density at radius 2 is 0.752 bits per heavy atom. The largest absolute Gasteiger partial charge is 0.504 e. The summed E-state index contributed by atoms with van der Waals surface area (Å²) in [6.45, 7) is -3.48. The van der Waals surface area contributed by atoms with Gasteiger partial charge in [0, 0.05) is 40.5 Å². The number of fused-ring (bicyclic) bond motifs is 12. The van der Waals surface area contributed by atoms with Crippen LogP contribution in [0.1, 0.15) is 72.5 Å². The Labute approximate surface area is 620 Å². The van der Waals surface area contributed by atoms with Crippen LogP contribution in [0.4, 0.5) is 0 Å². The van der Waals surface area contributed by atoms with Crippen LogP contribution in [0.3, 0.4) is 0 Å². The van der Waals surface area contributed by atoms with Crippen LogP contribution in [-0.2, 0) is 57.1 Å². The molecule has 4 heterocycles. The summed E-state index contributed by atoms with van der Waals surface area (Å²) in [7, 11) is 0. The smallest absolute Gasteiger partial charge is 0.343 e. The van der Waals surface area contributed by atoms with Gasteiger partial charge < -0.3 is 170 Å². The van der Waals surface area contributed by atoms with Crippen LogP contribution < -0.4 is 14.2 Å². The number of aliphatic hydroxyl groups excluding tert-OH is 2. The average Bonchev–Trinajstić information content (AvgIpc) is 0.800. The summed E-state index contributed by atoms with van der Waals surface area (Å²) in [6, 6.07) is 2.10. The number of benzene rings is 7. The molecule has 45 heteroatoms. The Bertz CT molecular complexity index is 5370. The van der Waals surface area contributed by atoms with E-state index in [2.05, 4.69) is 0 Å². The number of carbonyl (C=O) groups excluding carboxylic acids is 11. The van der Waals surface area contributed by atoms with Crippen molar-refractivity contribution in [2.45, 2.75) is 66.5 Å². The Morgan fingerprint density at radius 1 is 0.389 bits per heavy atom. The third kappa shape index (κ3) is 12.7. The molecule has 0 saturated carbocycles. The minimum atomic E-state index is -4.54. The summed E-state index contributed by atoms with van der Waals surface area (Å²) in [5, 5.41) is 259. The summed E-state index contributed by atoms with van der Waals surface area (Å²) in [4.78, 5) is 160. The summed E-state index contributed by atoms with van der Waals surface area (Å²) in [5.41, 5.74) is -17.3. The molecule has 5 aliphatic rings. The van der Waals surface area contributed by atoms with Gasteiger partial charge in [-0.25, -0.2) is 38.4 Å². The number of aromatic hydroxyl groups is 18. The maximum absolute atomic E-state index is 15.4. The number of cyclic esters (lactones) is 3. The van der Waals surface area contributed by atoms with Crippen LogP contribution in [-0.4, -0.2) is 263 Å². The van der Waals surface area contributed by atoms with Gasteiger partial charge in [0.25, 0.3) is 5.79 Å². The Balaban J connectivity index is 1.14. The van der Waals surface area contributed by atoms with E-state index < -0.39 is 339 Å². The van der Waals surface area contributed by atoms with E-state index in [9.17, 15) is 156 Å². The highest BCUT2D eigenvalue weighted by Gasteiger charge is 2.69. The molecule has 590 valence electrons. The minimum absolute atomic E-state index is 0.0612. The third-order valence-electron chi connectivity index (χ3n) is 17.7. The molecule has 10 atom stereocenters. The first kappa shape index (κ1) is 77.3. The molecule has 0 spiro atoms. The number of phenols is 18. The summed E-state index contributed by atoms with van der Waals surface area (Å²) >= 11 is 0. The molecule has 0 fully saturated rings. The van der Waals surface area contributed by atoms with Gasteiger partial charge in [-0.2, -0.15) is 0 Å². The highest BCUT2D eigenvalue weighted by atomic mass is 16.7. The highest BCUT2D eigenvalue weighted by Crippen LogP contribution is 2.59. The van der Waals surface area contributed by atoms with Crippen molar-refractivity contribution in [2.24, 2.45) is 0 Å². The average molecular weight is 1590 g/mol. The van der Waals surface area contributed by atoms with Gasteiger partial charge in [0.1, 0.15) is 31.0 Å². The molecular formula is C68H48O45. The summed E-state index contributed by atoms with van der Waals surface area (Å²) in [6.07, 6.45) is -29.4. The molecule has 23 N–H and O–H groups in total. The predicted molar refractivity (Wildman–Crippen MR) is 344 cm³/mol. The zero-order chi connectivity index (χ0) is 82.7. The van der Waals surface area contributed by atoms with Crippen LogP contribution >= 0.6 is 0 Å². The molecule has 4 aliphatic heterocycles. The summed E-state index contributed by atoms with van der Waals surface area (Å²) < 4.78 is 60.1. The SMILES string of the molecule is O=CC1OC(=O)C2=CC(=O)C(O)(O)C3(O)Oc4c(cc5c(c4O)-c4c(cc(O)c(O)c4O)C(=O)OC(C(O)COC5=O)C(OC(=O)c4cc(O)c(O)c(O)c4)C(C=O)OC(=O)c4cc(O)c(O)c(O)c4Oc4cc5c(c(O)c4O)-c4c(cc(O)c(O)c4O)C(=O)OCC(O)C(OC5=O)C1OC(=O)c1cc(O)c(O)c(O)c1)OC23. The number of hydrogen-bond donors (Lipinski definition) is 23. The molecule has 0 saturated heterocycles. The summed E-state index contributed by atoms with van der Waals surface area (Å²) in [5.74, 6) is -63.7. The number of esters is 8. The number of phenolic OH excluding ortho intramolecular Hbond substituents is 18. The predicted octanol–water partition coefficient (Wildman–Crippen LogP) is -1.35. The lowest BCUT2D eigenvalue weighted by Gasteiger charge is -2.47. The first-order chi connectivity index (χ1) is 53.1. The molecule has 12 rings (SSSR count). The molecular weight excluding hydrogens is 1540 g/mol. The van der Waals surface area contributed by atoms with Gasteiger partial charge in [0.2, 0.25) is 46.4 Å². The molecule has 45 nitrogen and oxygen atoms in total. The Hall–Kier alpha value is -15.4. The first-order valence-corrected chi connectivity index (χ1v) is 31.2. The van der Waals surface area contributed by atoms with Crippen LogP contribution in [0.5, 0.6) is 126 Å². The van der Waals surface area contributed by atoms with E-state index in [4.69, 9.17) is 52.1 Å². The number of ketones is 1. The second kappa shape index (κ2) is 28.0. The Morgan fingerprint density at radius 3 is 1.20 bits per heavy atom. The first-order valence-electron chi connectivity index (χ1n) is 31.2. The van der Waals surface area contributed by atoms with E-state index in [0.717, 1.165) is 0 Å². The van der Waals surface area contributed by atoms with Crippen molar-refractivity contribution in [3.8, 4) is 149 Å². The van der Waals surface area contributed by atoms with Crippen LogP contribution in [0.25, 0.3) is 22.3 Å². The lowest BCUT2D eigenvalue weighted by molar-refractivity contribution is -0.351. The van der Waals surface area contributed by atoms with Gasteiger partial charge in [-0.05, 0) is 42.5 Å². The number of aldehydes is 2. The number of carbonyl (C=O) groups is 11. The number of rotatable bonds is 6. The lowest BCUT2D eigenvalue weighted by Crippen LogP contribution is -2.73. The molecule has 7 aromatic carbocycles. The lowest BCUT2D eigenvalue weighted by atomic mass is 9.83. The number of aliphatic hydroxyl groups is 5. The quantitative estimate of drug-likeness (QED) is 0.0301. The fourth-order valence-electron chi connectivity index (χ4n) is 12.0. The van der Waals surface area contributed by atoms with Gasteiger partial charge in [0.15, 0.2) is 141 Å². The maximum atomic E-state index is 15.4. The van der Waals surface area contributed by atoms with Gasteiger partial charge in [-0.15, -0.1) is 0 Å². The van der Waals surface area contributed by atoms with Gasteiger partial charge in [0.05, 0.1) is 39.0 Å². The van der Waals surface area contributed by atoms with Crippen molar-refractivity contribution < 1.29 is 222 Å². The zero-order valence-corrected chi connectivity index (χ0v) is 55.3. The van der Waals surface area contributed by atoms with Crippen LogP contribution in [0, 0.1) is 0 Å². The monoisotopic (exact) mass is 1580 g/mol. The van der Waals surface area contributed by atoms with E-state index in [-0.39, 0.29) is 36.4 Å². The second-order valence-corrected chi connectivity index (χ2v) is 24.6. The molecule has 10 unspecified atom stereocenters. The Kier molecular flexibility index (Phi) is 19.2. The van der Waals surface area contributed by atoms with Crippen LogP contribution in [0.2, 0.25) is 0 Å². The van der Waals surface area contributed by atoms with Crippen LogP contribution in [0.15, 0.2) is 66.2 Å². The van der Waals surface area contributed by atoms with E-state index in [1.54, 1.807) is 0 Å². The molecule has 1 aliphatic carbocycles. The van der Waals surface area contributed by atoms with E-state index >= 15 is 14.4 Å². The third-order valence-corrected chi connectivity index (χ3v) is 17.7. The number of ether oxygens (including phenoxy) is 11. The fourth-order valence-corrected chi connectivity index (χ4v) is 12.0. The van der Waals surface area contributed by atoms with Crippen molar-refractivity contribution in [2.75, 3.05) is 13.2 Å². The van der Waals surface area contributed by atoms with E-state index in [0.29, 0.717) is 24.3 Å². The topological polar surface area (TPSA) is 755 Å². The van der Waals surface area contributed by atoms with Crippen molar-refractivity contribution in [1.82, 2.24) is 0 Å². The van der Waals surface area contributed by atoms with Crippen molar-refractivity contribution >= 4 is 66.1 Å². The fraction of sp³-hybridized carbons (Fsp3) is 0.191. The minimum Gasteiger partial charge on any atom is -0.504 e. The standard InChI is InChI=1S/C68H48O45/c69-11-34-56(111-59(92)15-1-23(71)41(81)24(72)2-15)53-31(79)14-104-62(95)19-9-33-55(50(90)40(19)38-18(63(96)109-53)6-28(76)44(84)48(38)88)113-68(102)58(106-33)22(10-36(80)67(68,100)101)66(99)108-35(12-70)57(112-60(93)16-3-25(73)42(82)26(74)4-16)54-30(78)13-103-61(94)17-5-27(75)43(83)47(87)37(17)39-20(64(97)110-54)8-32(46(86)49(39)89)105-52-21(65(98)107-34)7-29(77)45(85)51(52)91/h1-12,30-31,34-35,53-54,56-58,71-79,81-91,100-102H,13-14H2. The maximum Gasteiger partial charge on any atom is 0.343 e. The molecule has 113 heavy (non-hydrogen) atoms. The van der Waals surface area contributed by atoms with Gasteiger partial charge >= 0.3 is 53.5 Å². The van der Waals surface area contributed by atoms with Crippen molar-refractivity contribution in [3.63, 3.8) is 0 Å². The molecule has 0 aromatic heterocycles. The molecule has 7 bridgehead atoms. The van der Waals surface area contributed by atoms with E-state index in [1.807, 2.05) is 0 Å².